The molecule has 1 rings (SSSR count). The van der Waals surface area contributed by atoms with Gasteiger partial charge in [-0.2, -0.15) is 0 Å². The predicted octanol–water partition coefficient (Wildman–Crippen LogP) is 3.00. The van der Waals surface area contributed by atoms with E-state index in [2.05, 4.69) is 4.98 Å². The van der Waals surface area contributed by atoms with Gasteiger partial charge in [-0.3, -0.25) is 4.98 Å². The largest absolute Gasteiger partial charge is 0.462 e. The van der Waals surface area contributed by atoms with E-state index in [-0.39, 0.29) is 0 Å². The molecule has 0 N–H and O–H groups in total. The molecule has 0 bridgehead atoms. The van der Waals surface area contributed by atoms with Gasteiger partial charge in [0.25, 0.3) is 0 Å². The highest BCUT2D eigenvalue weighted by atomic mass is 35.5. The Morgan fingerprint density at radius 2 is 2.33 bits per heavy atom. The number of halogens is 1. The topological polar surface area (TPSA) is 39.2 Å². The van der Waals surface area contributed by atoms with Gasteiger partial charge >= 0.3 is 5.97 Å². The molecule has 0 saturated carbocycles. The normalized spacial score (nSPS) is 10.1. The summed E-state index contributed by atoms with van der Waals surface area (Å²) in [5.41, 5.74) is 1.11. The molecule has 0 saturated heterocycles. The summed E-state index contributed by atoms with van der Waals surface area (Å²) in [5, 5.41) is 0.393. The Hall–Kier alpha value is -1.09. The van der Waals surface area contributed by atoms with E-state index in [4.69, 9.17) is 16.3 Å². The molecule has 1 aromatic rings. The van der Waals surface area contributed by atoms with Gasteiger partial charge in [0.1, 0.15) is 0 Å². The van der Waals surface area contributed by atoms with Crippen molar-refractivity contribution in [3.63, 3.8) is 0 Å². The summed E-state index contributed by atoms with van der Waals surface area (Å²) < 4.78 is 5.03. The van der Waals surface area contributed by atoms with E-state index < -0.39 is 5.97 Å². The lowest BCUT2D eigenvalue weighted by Crippen LogP contribution is -2.07. The van der Waals surface area contributed by atoms with Crippen LogP contribution in [-0.2, 0) is 4.74 Å². The quantitative estimate of drug-likeness (QED) is 0.586. The number of hydrogen-bond donors (Lipinski definition) is 0. The molecular weight excluding hydrogens is 214 g/mol. The second kappa shape index (κ2) is 5.71. The van der Waals surface area contributed by atoms with Crippen molar-refractivity contribution in [2.45, 2.75) is 26.7 Å². The zero-order chi connectivity index (χ0) is 11.3. The third kappa shape index (κ3) is 3.51. The first-order valence-corrected chi connectivity index (χ1v) is 5.32. The Kier molecular flexibility index (Phi) is 4.56. The minimum atomic E-state index is -0.402. The van der Waals surface area contributed by atoms with E-state index in [1.165, 1.54) is 6.20 Å². The van der Waals surface area contributed by atoms with Crippen LogP contribution in [0.4, 0.5) is 0 Å². The van der Waals surface area contributed by atoms with E-state index in [0.717, 1.165) is 18.5 Å². The number of hydrogen-bond acceptors (Lipinski definition) is 3. The fourth-order valence-corrected chi connectivity index (χ4v) is 1.35. The summed E-state index contributed by atoms with van der Waals surface area (Å²) in [4.78, 5) is 15.5. The van der Waals surface area contributed by atoms with Crippen molar-refractivity contribution in [3.8, 4) is 0 Å². The maximum Gasteiger partial charge on any atom is 0.341 e. The number of carbonyl (C=O) groups is 1. The summed E-state index contributed by atoms with van der Waals surface area (Å²) in [7, 11) is 0. The number of nitrogens with zero attached hydrogens (tertiary/aromatic N) is 1. The monoisotopic (exact) mass is 227 g/mol. The van der Waals surface area contributed by atoms with E-state index in [1.54, 1.807) is 6.07 Å². The summed E-state index contributed by atoms with van der Waals surface area (Å²) in [5.74, 6) is -0.402. The molecule has 1 heterocycles. The zero-order valence-electron chi connectivity index (χ0n) is 8.92. The number of carbonyl (C=O) groups excluding carboxylic acids is 1. The van der Waals surface area contributed by atoms with Crippen molar-refractivity contribution in [2.24, 2.45) is 0 Å². The standard InChI is InChI=1S/C11H14ClNO2/c1-3-4-5-15-11(14)9-7-13-8(2)6-10(9)12/h6-7H,3-5H2,1-2H3. The van der Waals surface area contributed by atoms with Crippen LogP contribution < -0.4 is 0 Å². The first-order valence-electron chi connectivity index (χ1n) is 4.94. The summed E-state index contributed by atoms with van der Waals surface area (Å²) in [6, 6.07) is 1.65. The highest BCUT2D eigenvalue weighted by Crippen LogP contribution is 2.16. The number of aromatic nitrogens is 1. The average Bonchev–Trinajstić information content (AvgIpc) is 2.17. The third-order valence-electron chi connectivity index (χ3n) is 1.94. The van der Waals surface area contributed by atoms with Crippen LogP contribution in [0, 0.1) is 6.92 Å². The minimum Gasteiger partial charge on any atom is -0.462 e. The van der Waals surface area contributed by atoms with Gasteiger partial charge in [-0.05, 0) is 19.4 Å². The lowest BCUT2D eigenvalue weighted by molar-refractivity contribution is 0.0499. The molecule has 4 heteroatoms. The molecule has 0 spiro atoms. The number of unbranched alkanes of at least 4 members (excludes halogenated alkanes) is 1. The van der Waals surface area contributed by atoms with E-state index in [1.807, 2.05) is 13.8 Å². The van der Waals surface area contributed by atoms with Gasteiger partial charge < -0.3 is 4.74 Å². The molecule has 0 aliphatic rings. The lowest BCUT2D eigenvalue weighted by atomic mass is 10.2. The van der Waals surface area contributed by atoms with Gasteiger partial charge in [-0.1, -0.05) is 24.9 Å². The van der Waals surface area contributed by atoms with Crippen molar-refractivity contribution in [1.29, 1.82) is 0 Å². The van der Waals surface area contributed by atoms with Crippen LogP contribution in [0.1, 0.15) is 35.8 Å². The maximum absolute atomic E-state index is 11.5. The fourth-order valence-electron chi connectivity index (χ4n) is 1.06. The zero-order valence-corrected chi connectivity index (χ0v) is 9.67. The summed E-state index contributed by atoms with van der Waals surface area (Å²) in [6.45, 7) is 4.28. The van der Waals surface area contributed by atoms with Crippen molar-refractivity contribution in [3.05, 3.63) is 28.5 Å². The van der Waals surface area contributed by atoms with E-state index in [0.29, 0.717) is 17.2 Å². The van der Waals surface area contributed by atoms with Crippen molar-refractivity contribution < 1.29 is 9.53 Å². The SMILES string of the molecule is CCCCOC(=O)c1cnc(C)cc1Cl. The maximum atomic E-state index is 11.5. The van der Waals surface area contributed by atoms with Gasteiger partial charge in [0.15, 0.2) is 0 Å². The van der Waals surface area contributed by atoms with Gasteiger partial charge in [0.05, 0.1) is 17.2 Å². The summed E-state index contributed by atoms with van der Waals surface area (Å²) in [6.07, 6.45) is 3.31. The second-order valence-electron chi connectivity index (χ2n) is 3.30. The molecule has 1 aromatic heterocycles. The van der Waals surface area contributed by atoms with E-state index >= 15 is 0 Å². The van der Waals surface area contributed by atoms with Crippen LogP contribution in [0.2, 0.25) is 5.02 Å². The Bertz CT molecular complexity index is 352. The number of esters is 1. The Labute approximate surface area is 94.4 Å². The molecule has 0 amide bonds. The molecule has 0 aromatic carbocycles. The molecule has 0 atom stereocenters. The van der Waals surface area contributed by atoms with Gasteiger partial charge in [0, 0.05) is 11.9 Å². The van der Waals surface area contributed by atoms with Gasteiger partial charge in [-0.15, -0.1) is 0 Å². The van der Waals surface area contributed by atoms with Gasteiger partial charge in [-0.25, -0.2) is 4.79 Å². The average molecular weight is 228 g/mol. The van der Waals surface area contributed by atoms with Crippen LogP contribution in [-0.4, -0.2) is 17.6 Å². The molecule has 0 aliphatic heterocycles. The number of pyridine rings is 1. The van der Waals surface area contributed by atoms with Crippen molar-refractivity contribution in [2.75, 3.05) is 6.61 Å². The minimum absolute atomic E-state index is 0.332. The van der Waals surface area contributed by atoms with Crippen LogP contribution in [0.25, 0.3) is 0 Å². The fraction of sp³-hybridized carbons (Fsp3) is 0.455. The van der Waals surface area contributed by atoms with Crippen LogP contribution in [0.3, 0.4) is 0 Å². The molecule has 0 unspecified atom stereocenters. The Morgan fingerprint density at radius 3 is 2.93 bits per heavy atom. The van der Waals surface area contributed by atoms with Crippen LogP contribution in [0.5, 0.6) is 0 Å². The number of rotatable bonds is 4. The van der Waals surface area contributed by atoms with Crippen LogP contribution in [0.15, 0.2) is 12.3 Å². The smallest absolute Gasteiger partial charge is 0.341 e. The van der Waals surface area contributed by atoms with E-state index in [9.17, 15) is 4.79 Å². The molecule has 0 radical (unpaired) electrons. The first kappa shape index (κ1) is 12.0. The molecule has 0 aliphatic carbocycles. The number of ether oxygens (including phenoxy) is 1. The predicted molar refractivity (Wildman–Crippen MR) is 59.2 cm³/mol. The van der Waals surface area contributed by atoms with Gasteiger partial charge in [0.2, 0.25) is 0 Å². The second-order valence-corrected chi connectivity index (χ2v) is 3.70. The highest BCUT2D eigenvalue weighted by molar-refractivity contribution is 6.33. The van der Waals surface area contributed by atoms with Crippen molar-refractivity contribution >= 4 is 17.6 Å². The molecule has 82 valence electrons. The molecular formula is C11H14ClNO2. The molecule has 0 fully saturated rings. The molecule has 15 heavy (non-hydrogen) atoms. The lowest BCUT2D eigenvalue weighted by Gasteiger charge is -2.05. The van der Waals surface area contributed by atoms with Crippen LogP contribution >= 0.6 is 11.6 Å². The summed E-state index contributed by atoms with van der Waals surface area (Å²) >= 11 is 5.90. The number of aryl methyl sites for hydroxylation is 1. The van der Waals surface area contributed by atoms with Crippen molar-refractivity contribution in [1.82, 2.24) is 4.98 Å². The molecule has 3 nitrogen and oxygen atoms in total. The highest BCUT2D eigenvalue weighted by Gasteiger charge is 2.11. The first-order chi connectivity index (χ1) is 7.15. The Balaban J connectivity index is 2.65. The third-order valence-corrected chi connectivity index (χ3v) is 2.25. The Morgan fingerprint density at radius 1 is 1.60 bits per heavy atom.